The van der Waals surface area contributed by atoms with E-state index in [1.807, 2.05) is 73.6 Å². The van der Waals surface area contributed by atoms with Gasteiger partial charge in [0.05, 0.1) is 11.3 Å². The van der Waals surface area contributed by atoms with Gasteiger partial charge in [-0.25, -0.2) is 0 Å². The van der Waals surface area contributed by atoms with Crippen molar-refractivity contribution in [2.75, 3.05) is 56.8 Å². The number of rotatable bonds is 11. The van der Waals surface area contributed by atoms with Gasteiger partial charge in [-0.2, -0.15) is 0 Å². The van der Waals surface area contributed by atoms with Crippen LogP contribution in [0.3, 0.4) is 0 Å². The summed E-state index contributed by atoms with van der Waals surface area (Å²) in [5, 5.41) is 6.42. The zero-order chi connectivity index (χ0) is 29.5. The van der Waals surface area contributed by atoms with Gasteiger partial charge in [-0.05, 0) is 68.5 Å². The third-order valence-electron chi connectivity index (χ3n) is 7.19. The Kier molecular flexibility index (Phi) is 9.57. The molecule has 8 nitrogen and oxygen atoms in total. The van der Waals surface area contributed by atoms with Crippen LogP contribution in [0, 0.1) is 0 Å². The Morgan fingerprint density at radius 3 is 2.22 bits per heavy atom. The molecule has 1 aliphatic rings. The number of amides is 3. The fraction of sp³-hybridized carbons (Fsp3) is 0.303. The van der Waals surface area contributed by atoms with Gasteiger partial charge in [-0.15, -0.1) is 0 Å². The van der Waals surface area contributed by atoms with Crippen molar-refractivity contribution in [2.24, 2.45) is 0 Å². The SMILES string of the molecule is CCCCN(C)C(=O)c1ccc2c(c1)C(=C(Nc1ccc(N(C)C(=O)CCN(C)C)cc1)c1ccccc1)C(=O)N2. The van der Waals surface area contributed by atoms with E-state index in [0.29, 0.717) is 47.6 Å². The van der Waals surface area contributed by atoms with Crippen molar-refractivity contribution in [1.82, 2.24) is 9.80 Å². The van der Waals surface area contributed by atoms with E-state index in [4.69, 9.17) is 0 Å². The third-order valence-corrected chi connectivity index (χ3v) is 7.19. The van der Waals surface area contributed by atoms with Crippen LogP contribution in [0.5, 0.6) is 0 Å². The maximum absolute atomic E-state index is 13.4. The summed E-state index contributed by atoms with van der Waals surface area (Å²) in [6.45, 7) is 3.45. The molecular weight excluding hydrogens is 514 g/mol. The minimum Gasteiger partial charge on any atom is -0.354 e. The molecule has 41 heavy (non-hydrogen) atoms. The van der Waals surface area contributed by atoms with Crippen molar-refractivity contribution in [3.05, 3.63) is 89.5 Å². The largest absolute Gasteiger partial charge is 0.354 e. The number of nitrogens with one attached hydrogen (secondary N) is 2. The minimum absolute atomic E-state index is 0.0384. The van der Waals surface area contributed by atoms with Gasteiger partial charge in [0.2, 0.25) is 5.91 Å². The highest BCUT2D eigenvalue weighted by Crippen LogP contribution is 2.38. The first-order chi connectivity index (χ1) is 19.7. The van der Waals surface area contributed by atoms with Crippen LogP contribution in [0.25, 0.3) is 11.3 Å². The Labute approximate surface area is 242 Å². The Bertz CT molecular complexity index is 1430. The molecule has 0 radical (unpaired) electrons. The fourth-order valence-electron chi connectivity index (χ4n) is 4.69. The van der Waals surface area contributed by atoms with Crippen LogP contribution in [0.1, 0.15) is 47.7 Å². The second kappa shape index (κ2) is 13.3. The average Bonchev–Trinajstić information content (AvgIpc) is 3.31. The lowest BCUT2D eigenvalue weighted by atomic mass is 9.98. The molecule has 0 bridgehead atoms. The number of fused-ring (bicyclic) bond motifs is 1. The number of anilines is 3. The zero-order valence-electron chi connectivity index (χ0n) is 24.5. The van der Waals surface area contributed by atoms with Gasteiger partial charge >= 0.3 is 0 Å². The fourth-order valence-corrected chi connectivity index (χ4v) is 4.69. The standard InChI is InChI=1S/C33H39N5O3/c1-6-7-20-37(4)33(41)24-13-18-28-27(22-24)30(32(40)35-28)31(23-11-9-8-10-12-23)34-25-14-16-26(17-15-25)38(5)29(39)19-21-36(2)3/h8-18,22,34H,6-7,19-21H2,1-5H3,(H,35,40). The molecule has 3 amide bonds. The lowest BCUT2D eigenvalue weighted by molar-refractivity contribution is -0.118. The molecular formula is C33H39N5O3. The summed E-state index contributed by atoms with van der Waals surface area (Å²) < 4.78 is 0. The minimum atomic E-state index is -0.238. The van der Waals surface area contributed by atoms with Gasteiger partial charge in [0.1, 0.15) is 0 Å². The predicted molar refractivity (Wildman–Crippen MR) is 167 cm³/mol. The smallest absolute Gasteiger partial charge is 0.258 e. The highest BCUT2D eigenvalue weighted by atomic mass is 16.2. The Morgan fingerprint density at radius 2 is 1.56 bits per heavy atom. The lowest BCUT2D eigenvalue weighted by Crippen LogP contribution is -2.29. The molecule has 1 heterocycles. The molecule has 4 rings (SSSR count). The van der Waals surface area contributed by atoms with Gasteiger partial charge < -0.3 is 25.3 Å². The second-order valence-electron chi connectivity index (χ2n) is 10.6. The van der Waals surface area contributed by atoms with E-state index in [1.54, 1.807) is 42.1 Å². The van der Waals surface area contributed by atoms with Crippen LogP contribution in [-0.2, 0) is 9.59 Å². The normalized spacial score (nSPS) is 13.5. The van der Waals surface area contributed by atoms with E-state index in [9.17, 15) is 14.4 Å². The lowest BCUT2D eigenvalue weighted by Gasteiger charge is -2.20. The highest BCUT2D eigenvalue weighted by molar-refractivity contribution is 6.37. The van der Waals surface area contributed by atoms with Gasteiger partial charge in [-0.1, -0.05) is 43.7 Å². The van der Waals surface area contributed by atoms with E-state index < -0.39 is 0 Å². The number of nitrogens with zero attached hydrogens (tertiary/aromatic N) is 3. The predicted octanol–water partition coefficient (Wildman–Crippen LogP) is 5.41. The number of unbranched alkanes of at least 4 members (excludes halogenated alkanes) is 1. The summed E-state index contributed by atoms with van der Waals surface area (Å²) in [7, 11) is 7.47. The molecule has 1 aliphatic heterocycles. The molecule has 3 aromatic rings. The first-order valence-corrected chi connectivity index (χ1v) is 14.0. The Hall–Kier alpha value is -4.43. The van der Waals surface area contributed by atoms with Crippen molar-refractivity contribution in [3.8, 4) is 0 Å². The molecule has 0 saturated carbocycles. The maximum Gasteiger partial charge on any atom is 0.258 e. The molecule has 0 aromatic heterocycles. The summed E-state index contributed by atoms with van der Waals surface area (Å²) in [5.74, 6) is -0.274. The number of benzene rings is 3. The van der Waals surface area contributed by atoms with Crippen LogP contribution in [0.2, 0.25) is 0 Å². The van der Waals surface area contributed by atoms with Crippen LogP contribution in [0.4, 0.5) is 17.1 Å². The number of carbonyl (C=O) groups excluding carboxylic acids is 3. The maximum atomic E-state index is 13.4. The van der Waals surface area contributed by atoms with Gasteiger partial charge in [0.25, 0.3) is 11.8 Å². The number of carbonyl (C=O) groups is 3. The summed E-state index contributed by atoms with van der Waals surface area (Å²) in [6, 6.07) is 22.6. The Balaban J connectivity index is 1.68. The molecule has 0 spiro atoms. The summed E-state index contributed by atoms with van der Waals surface area (Å²) >= 11 is 0. The first kappa shape index (κ1) is 29.6. The molecule has 214 valence electrons. The van der Waals surface area contributed by atoms with E-state index >= 15 is 0 Å². The van der Waals surface area contributed by atoms with Crippen molar-refractivity contribution in [2.45, 2.75) is 26.2 Å². The van der Waals surface area contributed by atoms with Gasteiger partial charge in [-0.3, -0.25) is 14.4 Å². The van der Waals surface area contributed by atoms with Gasteiger partial charge in [0, 0.05) is 61.8 Å². The highest BCUT2D eigenvalue weighted by Gasteiger charge is 2.30. The second-order valence-corrected chi connectivity index (χ2v) is 10.6. The number of hydrogen-bond acceptors (Lipinski definition) is 5. The summed E-state index contributed by atoms with van der Waals surface area (Å²) in [4.78, 5) is 44.5. The molecule has 0 aliphatic carbocycles. The first-order valence-electron chi connectivity index (χ1n) is 14.0. The quantitative estimate of drug-likeness (QED) is 0.311. The molecule has 0 saturated heterocycles. The van der Waals surface area contributed by atoms with Crippen LogP contribution in [-0.4, -0.2) is 68.8 Å². The molecule has 0 unspecified atom stereocenters. The molecule has 3 aromatic carbocycles. The van der Waals surface area contributed by atoms with Crippen molar-refractivity contribution >= 4 is 46.1 Å². The summed E-state index contributed by atoms with van der Waals surface area (Å²) in [6.07, 6.45) is 2.36. The third kappa shape index (κ3) is 7.02. The van der Waals surface area contributed by atoms with Crippen molar-refractivity contribution < 1.29 is 14.4 Å². The topological polar surface area (TPSA) is 85.0 Å². The van der Waals surface area contributed by atoms with Crippen LogP contribution < -0.4 is 15.5 Å². The monoisotopic (exact) mass is 553 g/mol. The van der Waals surface area contributed by atoms with Crippen molar-refractivity contribution in [1.29, 1.82) is 0 Å². The van der Waals surface area contributed by atoms with E-state index in [1.165, 1.54) is 0 Å². The molecule has 8 heteroatoms. The van der Waals surface area contributed by atoms with E-state index in [-0.39, 0.29) is 17.7 Å². The van der Waals surface area contributed by atoms with E-state index in [0.717, 1.165) is 29.8 Å². The molecule has 0 fully saturated rings. The molecule has 2 N–H and O–H groups in total. The molecule has 0 atom stereocenters. The van der Waals surface area contributed by atoms with Crippen LogP contribution in [0.15, 0.2) is 72.8 Å². The Morgan fingerprint density at radius 1 is 0.854 bits per heavy atom. The average molecular weight is 554 g/mol. The number of hydrogen-bond donors (Lipinski definition) is 2. The van der Waals surface area contributed by atoms with Crippen molar-refractivity contribution in [3.63, 3.8) is 0 Å². The van der Waals surface area contributed by atoms with Gasteiger partial charge in [0.15, 0.2) is 0 Å². The van der Waals surface area contributed by atoms with E-state index in [2.05, 4.69) is 17.6 Å². The van der Waals surface area contributed by atoms with Crippen LogP contribution >= 0.6 is 0 Å². The summed E-state index contributed by atoms with van der Waals surface area (Å²) in [5.41, 5.74) is 5.37. The zero-order valence-corrected chi connectivity index (χ0v) is 24.5.